The summed E-state index contributed by atoms with van der Waals surface area (Å²) in [6.07, 6.45) is 1.04. The van der Waals surface area contributed by atoms with Gasteiger partial charge in [-0.25, -0.2) is 0 Å². The Bertz CT molecular complexity index is 206. The van der Waals surface area contributed by atoms with Gasteiger partial charge in [-0.3, -0.25) is 0 Å². The number of hydrogen-bond donors (Lipinski definition) is 0. The monoisotopic (exact) mass is 163 g/mol. The van der Waals surface area contributed by atoms with Crippen LogP contribution >= 0.6 is 0 Å². The Labute approximate surface area is 74.4 Å². The predicted octanol–water partition coefficient (Wildman–Crippen LogP) is 2.99. The molecule has 0 amide bonds. The van der Waals surface area contributed by atoms with Crippen molar-refractivity contribution >= 4 is 0 Å². The maximum atomic E-state index is 4.78. The van der Waals surface area contributed by atoms with Crippen molar-refractivity contribution < 1.29 is 4.74 Å². The average molecular weight is 163 g/mol. The minimum Gasteiger partial charge on any atom is -0.379 e. The molecule has 0 aliphatic carbocycles. The molecule has 0 aliphatic rings. The minimum absolute atomic E-state index is 0.563. The Kier molecular flexibility index (Phi) is 3.81. The van der Waals surface area contributed by atoms with Crippen LogP contribution in [0.4, 0.5) is 0 Å². The van der Waals surface area contributed by atoms with E-state index in [4.69, 9.17) is 4.74 Å². The zero-order chi connectivity index (χ0) is 8.81. The maximum Gasteiger partial charge on any atom is 0.0700 e. The van der Waals surface area contributed by atoms with Gasteiger partial charge in [-0.1, -0.05) is 37.3 Å². The van der Waals surface area contributed by atoms with Crippen molar-refractivity contribution in [1.29, 1.82) is 0 Å². The fourth-order valence-electron chi connectivity index (χ4n) is 1.21. The van der Waals surface area contributed by atoms with Crippen LogP contribution in [-0.2, 0) is 4.74 Å². The lowest BCUT2D eigenvalue weighted by Gasteiger charge is -2.10. The van der Waals surface area contributed by atoms with Crippen molar-refractivity contribution in [2.45, 2.75) is 19.3 Å². The molecule has 0 saturated heterocycles. The third-order valence-electron chi connectivity index (χ3n) is 2.06. The maximum absolute atomic E-state index is 4.78. The van der Waals surface area contributed by atoms with Crippen LogP contribution in [0.2, 0.25) is 0 Å². The van der Waals surface area contributed by atoms with E-state index in [1.54, 1.807) is 0 Å². The first-order chi connectivity index (χ1) is 5.84. The number of ether oxygens (including phenoxy) is 1. The quantitative estimate of drug-likeness (QED) is 0.663. The van der Waals surface area contributed by atoms with Crippen molar-refractivity contribution in [3.63, 3.8) is 0 Å². The molecule has 0 aromatic heterocycles. The lowest BCUT2D eigenvalue weighted by molar-refractivity contribution is 0.230. The van der Waals surface area contributed by atoms with Crippen LogP contribution in [0.15, 0.2) is 30.3 Å². The molecule has 1 atom stereocenters. The second kappa shape index (κ2) is 4.94. The van der Waals surface area contributed by atoms with Crippen molar-refractivity contribution in [1.82, 2.24) is 0 Å². The molecule has 1 heteroatoms. The summed E-state index contributed by atoms with van der Waals surface area (Å²) in [6.45, 7) is 2.93. The van der Waals surface area contributed by atoms with Gasteiger partial charge in [0, 0.05) is 6.61 Å². The second-order valence-corrected chi connectivity index (χ2v) is 3.01. The standard InChI is InChI=1S/C11H15O/c1-10(8-9-12-2)11-6-4-3-5-7-11/h3-7,10H,2,8-9H2,1H3. The second-order valence-electron chi connectivity index (χ2n) is 3.01. The van der Waals surface area contributed by atoms with E-state index in [1.165, 1.54) is 5.56 Å². The zero-order valence-electron chi connectivity index (χ0n) is 7.49. The lowest BCUT2D eigenvalue weighted by atomic mass is 9.98. The molecule has 0 N–H and O–H groups in total. The SMILES string of the molecule is [CH2]OCCC(C)c1ccccc1. The van der Waals surface area contributed by atoms with Crippen LogP contribution in [0.25, 0.3) is 0 Å². The molecule has 65 valence electrons. The molecule has 12 heavy (non-hydrogen) atoms. The molecule has 0 heterocycles. The van der Waals surface area contributed by atoms with E-state index in [9.17, 15) is 0 Å². The van der Waals surface area contributed by atoms with Gasteiger partial charge >= 0.3 is 0 Å². The fraction of sp³-hybridized carbons (Fsp3) is 0.364. The largest absolute Gasteiger partial charge is 0.379 e. The molecule has 1 nitrogen and oxygen atoms in total. The minimum atomic E-state index is 0.563. The van der Waals surface area contributed by atoms with Crippen molar-refractivity contribution in [2.24, 2.45) is 0 Å². The molecule has 0 bridgehead atoms. The molecule has 0 fully saturated rings. The van der Waals surface area contributed by atoms with Gasteiger partial charge in [-0.15, -0.1) is 0 Å². The third-order valence-corrected chi connectivity index (χ3v) is 2.06. The van der Waals surface area contributed by atoms with Gasteiger partial charge in [0.2, 0.25) is 0 Å². The van der Waals surface area contributed by atoms with E-state index in [-0.39, 0.29) is 0 Å². The first kappa shape index (κ1) is 9.27. The summed E-state index contributed by atoms with van der Waals surface area (Å²) in [5, 5.41) is 0. The van der Waals surface area contributed by atoms with Crippen LogP contribution < -0.4 is 0 Å². The topological polar surface area (TPSA) is 9.23 Å². The van der Waals surface area contributed by atoms with Crippen molar-refractivity contribution in [3.05, 3.63) is 43.0 Å². The predicted molar refractivity (Wildman–Crippen MR) is 50.8 cm³/mol. The molecule has 1 unspecified atom stereocenters. The molecule has 1 rings (SSSR count). The van der Waals surface area contributed by atoms with Crippen molar-refractivity contribution in [2.75, 3.05) is 6.61 Å². The van der Waals surface area contributed by atoms with Crippen molar-refractivity contribution in [3.8, 4) is 0 Å². The lowest BCUT2D eigenvalue weighted by Crippen LogP contribution is -1.97. The highest BCUT2D eigenvalue weighted by molar-refractivity contribution is 5.18. The summed E-state index contributed by atoms with van der Waals surface area (Å²) in [6, 6.07) is 10.5. The fourth-order valence-corrected chi connectivity index (χ4v) is 1.21. The Balaban J connectivity index is 2.48. The van der Waals surface area contributed by atoms with Gasteiger partial charge in [0.05, 0.1) is 7.11 Å². The van der Waals surface area contributed by atoms with E-state index >= 15 is 0 Å². The van der Waals surface area contributed by atoms with E-state index in [0.717, 1.165) is 13.0 Å². The van der Waals surface area contributed by atoms with Gasteiger partial charge < -0.3 is 4.74 Å². The average Bonchev–Trinajstić information content (AvgIpc) is 2.15. The first-order valence-electron chi connectivity index (χ1n) is 4.26. The summed E-state index contributed by atoms with van der Waals surface area (Å²) < 4.78 is 4.78. The van der Waals surface area contributed by atoms with Gasteiger partial charge in [0.1, 0.15) is 0 Å². The van der Waals surface area contributed by atoms with Crippen LogP contribution in [-0.4, -0.2) is 6.61 Å². The molecule has 1 radical (unpaired) electrons. The Morgan fingerprint density at radius 1 is 1.33 bits per heavy atom. The summed E-state index contributed by atoms with van der Waals surface area (Å²) >= 11 is 0. The number of benzene rings is 1. The summed E-state index contributed by atoms with van der Waals surface area (Å²) in [5.41, 5.74) is 1.37. The van der Waals surface area contributed by atoms with Crippen LogP contribution in [0, 0.1) is 7.11 Å². The van der Waals surface area contributed by atoms with Gasteiger partial charge in [-0.05, 0) is 17.9 Å². The van der Waals surface area contributed by atoms with Gasteiger partial charge in [0.15, 0.2) is 0 Å². The Hall–Kier alpha value is -0.820. The third kappa shape index (κ3) is 2.67. The van der Waals surface area contributed by atoms with E-state index < -0.39 is 0 Å². The normalized spacial score (nSPS) is 12.8. The van der Waals surface area contributed by atoms with Crippen LogP contribution in [0.5, 0.6) is 0 Å². The van der Waals surface area contributed by atoms with Gasteiger partial charge in [-0.2, -0.15) is 0 Å². The summed E-state index contributed by atoms with van der Waals surface area (Å²) in [4.78, 5) is 0. The number of hydrogen-bond acceptors (Lipinski definition) is 1. The first-order valence-corrected chi connectivity index (χ1v) is 4.26. The highest BCUT2D eigenvalue weighted by Crippen LogP contribution is 2.17. The summed E-state index contributed by atoms with van der Waals surface area (Å²) in [7, 11) is 3.35. The molecule has 1 aromatic rings. The molecule has 1 aromatic carbocycles. The van der Waals surface area contributed by atoms with E-state index in [2.05, 4.69) is 38.3 Å². The summed E-state index contributed by atoms with van der Waals surface area (Å²) in [5.74, 6) is 0.563. The van der Waals surface area contributed by atoms with Gasteiger partial charge in [0.25, 0.3) is 0 Å². The molecule has 0 spiro atoms. The van der Waals surface area contributed by atoms with Crippen LogP contribution in [0.1, 0.15) is 24.8 Å². The molecule has 0 saturated carbocycles. The Morgan fingerprint density at radius 2 is 2.00 bits per heavy atom. The zero-order valence-corrected chi connectivity index (χ0v) is 7.49. The van der Waals surface area contributed by atoms with Crippen LogP contribution in [0.3, 0.4) is 0 Å². The molecular weight excluding hydrogens is 148 g/mol. The number of rotatable bonds is 4. The highest BCUT2D eigenvalue weighted by atomic mass is 16.5. The van der Waals surface area contributed by atoms with E-state index in [0.29, 0.717) is 5.92 Å². The highest BCUT2D eigenvalue weighted by Gasteiger charge is 2.02. The molecule has 0 aliphatic heterocycles. The molecular formula is C11H15O. The van der Waals surface area contributed by atoms with E-state index in [1.807, 2.05) is 6.07 Å². The Morgan fingerprint density at radius 3 is 2.58 bits per heavy atom. The smallest absolute Gasteiger partial charge is 0.0700 e.